The first-order chi connectivity index (χ1) is 6.72. The van der Waals surface area contributed by atoms with Gasteiger partial charge >= 0.3 is 0 Å². The number of nitrogen functional groups attached to an aromatic ring is 1. The van der Waals surface area contributed by atoms with Crippen molar-refractivity contribution < 1.29 is 0 Å². The van der Waals surface area contributed by atoms with Crippen molar-refractivity contribution >= 4 is 5.82 Å². The van der Waals surface area contributed by atoms with Gasteiger partial charge in [0.25, 0.3) is 0 Å². The summed E-state index contributed by atoms with van der Waals surface area (Å²) in [5.74, 6) is 0.834. The van der Waals surface area contributed by atoms with Gasteiger partial charge in [-0.05, 0) is 13.0 Å². The zero-order valence-electron chi connectivity index (χ0n) is 8.95. The molecular formula is C10H18N4. The number of nitrogens with two attached hydrogens (primary N) is 1. The Bertz CT molecular complexity index is 329. The highest BCUT2D eigenvalue weighted by Crippen LogP contribution is 2.23. The molecule has 0 atom stereocenters. The van der Waals surface area contributed by atoms with Gasteiger partial charge in [-0.15, -0.1) is 0 Å². The van der Waals surface area contributed by atoms with Crippen molar-refractivity contribution in [2.45, 2.75) is 26.3 Å². The molecule has 0 unspecified atom stereocenters. The fraction of sp³-hybridized carbons (Fsp3) is 0.700. The molecule has 2 N–H and O–H groups in total. The van der Waals surface area contributed by atoms with E-state index in [0.717, 1.165) is 31.9 Å². The molecule has 0 aliphatic carbocycles. The molecule has 4 heteroatoms. The lowest BCUT2D eigenvalue weighted by molar-refractivity contribution is 0.254. The highest BCUT2D eigenvalue weighted by Gasteiger charge is 2.21. The van der Waals surface area contributed by atoms with Gasteiger partial charge in [-0.3, -0.25) is 9.58 Å². The molecule has 0 fully saturated rings. The Labute approximate surface area is 84.7 Å². The number of anilines is 1. The Morgan fingerprint density at radius 2 is 2.29 bits per heavy atom. The van der Waals surface area contributed by atoms with E-state index in [-0.39, 0.29) is 0 Å². The number of hydrogen-bond donors (Lipinski definition) is 1. The average Bonchev–Trinajstić information content (AvgIpc) is 2.45. The molecule has 1 aromatic rings. The van der Waals surface area contributed by atoms with Crippen molar-refractivity contribution in [1.29, 1.82) is 0 Å². The van der Waals surface area contributed by atoms with Crippen LogP contribution < -0.4 is 5.73 Å². The van der Waals surface area contributed by atoms with Gasteiger partial charge in [-0.2, -0.15) is 5.10 Å². The number of aromatic nitrogens is 2. The SMILES string of the molecule is CCCN1CCc2nn(C)c(N)c2C1. The molecule has 0 spiro atoms. The van der Waals surface area contributed by atoms with E-state index in [4.69, 9.17) is 5.73 Å². The summed E-state index contributed by atoms with van der Waals surface area (Å²) in [6.07, 6.45) is 2.25. The van der Waals surface area contributed by atoms with Crippen LogP contribution in [-0.4, -0.2) is 27.8 Å². The van der Waals surface area contributed by atoms with E-state index in [0.29, 0.717) is 0 Å². The molecule has 0 aromatic carbocycles. The minimum Gasteiger partial charge on any atom is -0.384 e. The van der Waals surface area contributed by atoms with Gasteiger partial charge in [-0.25, -0.2) is 0 Å². The quantitative estimate of drug-likeness (QED) is 0.756. The summed E-state index contributed by atoms with van der Waals surface area (Å²) in [7, 11) is 1.91. The lowest BCUT2D eigenvalue weighted by Gasteiger charge is -2.25. The van der Waals surface area contributed by atoms with E-state index in [1.165, 1.54) is 17.7 Å². The fourth-order valence-electron chi connectivity index (χ4n) is 2.09. The van der Waals surface area contributed by atoms with Gasteiger partial charge in [0.15, 0.2) is 0 Å². The molecule has 2 heterocycles. The van der Waals surface area contributed by atoms with Crippen molar-refractivity contribution in [2.24, 2.45) is 7.05 Å². The maximum atomic E-state index is 5.96. The Hall–Kier alpha value is -1.03. The Morgan fingerprint density at radius 1 is 1.50 bits per heavy atom. The Kier molecular flexibility index (Phi) is 2.46. The van der Waals surface area contributed by atoms with E-state index < -0.39 is 0 Å². The van der Waals surface area contributed by atoms with E-state index >= 15 is 0 Å². The summed E-state index contributed by atoms with van der Waals surface area (Å²) >= 11 is 0. The predicted molar refractivity (Wildman–Crippen MR) is 56.9 cm³/mol. The van der Waals surface area contributed by atoms with Crippen LogP contribution in [0.1, 0.15) is 24.6 Å². The van der Waals surface area contributed by atoms with Crippen LogP contribution in [0, 0.1) is 0 Å². The molecule has 2 rings (SSSR count). The van der Waals surface area contributed by atoms with Crippen molar-refractivity contribution in [3.8, 4) is 0 Å². The van der Waals surface area contributed by atoms with Crippen LogP contribution >= 0.6 is 0 Å². The van der Waals surface area contributed by atoms with Crippen LogP contribution in [0.4, 0.5) is 5.82 Å². The van der Waals surface area contributed by atoms with Gasteiger partial charge in [0.1, 0.15) is 5.82 Å². The summed E-state index contributed by atoms with van der Waals surface area (Å²) in [5.41, 5.74) is 8.39. The van der Waals surface area contributed by atoms with Crippen LogP contribution in [0.25, 0.3) is 0 Å². The second kappa shape index (κ2) is 3.61. The number of rotatable bonds is 2. The van der Waals surface area contributed by atoms with E-state index in [9.17, 15) is 0 Å². The molecular weight excluding hydrogens is 176 g/mol. The van der Waals surface area contributed by atoms with Crippen molar-refractivity contribution in [1.82, 2.24) is 14.7 Å². The van der Waals surface area contributed by atoms with Crippen LogP contribution in [0.15, 0.2) is 0 Å². The monoisotopic (exact) mass is 194 g/mol. The highest BCUT2D eigenvalue weighted by molar-refractivity contribution is 5.44. The average molecular weight is 194 g/mol. The zero-order valence-corrected chi connectivity index (χ0v) is 8.95. The first-order valence-corrected chi connectivity index (χ1v) is 5.25. The second-order valence-corrected chi connectivity index (χ2v) is 3.96. The topological polar surface area (TPSA) is 47.1 Å². The van der Waals surface area contributed by atoms with Crippen LogP contribution in [0.3, 0.4) is 0 Å². The molecule has 0 radical (unpaired) electrons. The van der Waals surface area contributed by atoms with Crippen LogP contribution in [0.2, 0.25) is 0 Å². The molecule has 14 heavy (non-hydrogen) atoms. The molecule has 0 saturated carbocycles. The fourth-order valence-corrected chi connectivity index (χ4v) is 2.09. The molecule has 0 bridgehead atoms. The lowest BCUT2D eigenvalue weighted by atomic mass is 10.1. The maximum absolute atomic E-state index is 5.96. The normalized spacial score (nSPS) is 17.0. The third-order valence-electron chi connectivity index (χ3n) is 2.86. The Balaban J connectivity index is 2.20. The van der Waals surface area contributed by atoms with Crippen LogP contribution in [0.5, 0.6) is 0 Å². The van der Waals surface area contributed by atoms with Gasteiger partial charge in [0.2, 0.25) is 0 Å². The van der Waals surface area contributed by atoms with Gasteiger partial charge in [0.05, 0.1) is 5.69 Å². The lowest BCUT2D eigenvalue weighted by Crippen LogP contribution is -2.31. The summed E-state index contributed by atoms with van der Waals surface area (Å²) < 4.78 is 1.79. The van der Waals surface area contributed by atoms with Crippen molar-refractivity contribution in [2.75, 3.05) is 18.8 Å². The maximum Gasteiger partial charge on any atom is 0.126 e. The van der Waals surface area contributed by atoms with Crippen molar-refractivity contribution in [3.63, 3.8) is 0 Å². The first kappa shape index (κ1) is 9.52. The van der Waals surface area contributed by atoms with E-state index in [1.807, 2.05) is 7.05 Å². The summed E-state index contributed by atoms with van der Waals surface area (Å²) in [6.45, 7) is 5.47. The highest BCUT2D eigenvalue weighted by atomic mass is 15.3. The number of hydrogen-bond acceptors (Lipinski definition) is 3. The number of fused-ring (bicyclic) bond motifs is 1. The largest absolute Gasteiger partial charge is 0.384 e. The van der Waals surface area contributed by atoms with E-state index in [1.54, 1.807) is 4.68 Å². The minimum atomic E-state index is 0.834. The molecule has 1 aliphatic rings. The number of aryl methyl sites for hydroxylation is 1. The van der Waals surface area contributed by atoms with Crippen molar-refractivity contribution in [3.05, 3.63) is 11.3 Å². The third kappa shape index (κ3) is 1.50. The summed E-state index contributed by atoms with van der Waals surface area (Å²) in [5, 5.41) is 4.41. The summed E-state index contributed by atoms with van der Waals surface area (Å²) in [4.78, 5) is 2.44. The molecule has 4 nitrogen and oxygen atoms in total. The minimum absolute atomic E-state index is 0.834. The van der Waals surface area contributed by atoms with Gasteiger partial charge in [-0.1, -0.05) is 6.92 Å². The second-order valence-electron chi connectivity index (χ2n) is 3.96. The number of nitrogens with zero attached hydrogens (tertiary/aromatic N) is 3. The third-order valence-corrected chi connectivity index (χ3v) is 2.86. The predicted octanol–water partition coefficient (Wildman–Crippen LogP) is 0.770. The standard InChI is InChI=1S/C10H18N4/c1-3-5-14-6-4-9-8(7-14)10(11)13(2)12-9/h3-7,11H2,1-2H3. The molecule has 0 saturated heterocycles. The van der Waals surface area contributed by atoms with E-state index in [2.05, 4.69) is 16.9 Å². The molecule has 0 amide bonds. The smallest absolute Gasteiger partial charge is 0.126 e. The summed E-state index contributed by atoms with van der Waals surface area (Å²) in [6, 6.07) is 0. The van der Waals surface area contributed by atoms with Gasteiger partial charge < -0.3 is 5.73 Å². The molecule has 78 valence electrons. The Morgan fingerprint density at radius 3 is 3.00 bits per heavy atom. The van der Waals surface area contributed by atoms with Gasteiger partial charge in [0, 0.05) is 32.1 Å². The molecule has 1 aromatic heterocycles. The van der Waals surface area contributed by atoms with Crippen LogP contribution in [-0.2, 0) is 20.0 Å². The molecule has 1 aliphatic heterocycles. The zero-order chi connectivity index (χ0) is 10.1. The first-order valence-electron chi connectivity index (χ1n) is 5.25.